The highest BCUT2D eigenvalue weighted by atomic mass is 16.5. The van der Waals surface area contributed by atoms with Gasteiger partial charge in [-0.05, 0) is 62.5 Å². The fourth-order valence-corrected chi connectivity index (χ4v) is 6.68. The average Bonchev–Trinajstić information content (AvgIpc) is 2.70. The molecule has 0 spiro atoms. The van der Waals surface area contributed by atoms with Crippen LogP contribution in [0.4, 0.5) is 5.69 Å². The standard InChI is InChI=1S/C23H30N2O4/c26-20(25-8-6-24(7-9-25)19-4-2-1-3-5-19)15-29-21(27)22-11-17-10-18(12-22)14-23(28,13-17)16-22/h1-5,17-18,28H,6-16H2/t17-,18+,22?,23?. The average molecular weight is 399 g/mol. The molecule has 5 fully saturated rings. The molecule has 1 saturated heterocycles. The molecule has 6 nitrogen and oxygen atoms in total. The maximum Gasteiger partial charge on any atom is 0.312 e. The summed E-state index contributed by atoms with van der Waals surface area (Å²) in [6.07, 6.45) is 4.91. The highest BCUT2D eigenvalue weighted by Gasteiger charge is 2.60. The number of piperazine rings is 1. The van der Waals surface area contributed by atoms with Gasteiger partial charge in [0.25, 0.3) is 5.91 Å². The second-order valence-corrected chi connectivity index (χ2v) is 9.75. The molecule has 1 N–H and O–H groups in total. The Labute approximate surface area is 171 Å². The second-order valence-electron chi connectivity index (χ2n) is 9.75. The van der Waals surface area contributed by atoms with Gasteiger partial charge in [-0.2, -0.15) is 0 Å². The van der Waals surface area contributed by atoms with E-state index < -0.39 is 11.0 Å². The Kier molecular flexibility index (Phi) is 4.57. The molecule has 4 bridgehead atoms. The molecule has 2 unspecified atom stereocenters. The molecular weight excluding hydrogens is 368 g/mol. The lowest BCUT2D eigenvalue weighted by molar-refractivity contribution is -0.197. The summed E-state index contributed by atoms with van der Waals surface area (Å²) in [4.78, 5) is 29.6. The van der Waals surface area contributed by atoms with Crippen molar-refractivity contribution >= 4 is 17.6 Å². The molecule has 4 saturated carbocycles. The first-order valence-electron chi connectivity index (χ1n) is 10.9. The highest BCUT2D eigenvalue weighted by molar-refractivity contribution is 5.83. The Bertz CT molecular complexity index is 773. The van der Waals surface area contributed by atoms with Crippen LogP contribution in [0.25, 0.3) is 0 Å². The van der Waals surface area contributed by atoms with Gasteiger partial charge in [-0.25, -0.2) is 0 Å². The van der Waals surface area contributed by atoms with Crippen molar-refractivity contribution in [1.82, 2.24) is 4.90 Å². The monoisotopic (exact) mass is 398 g/mol. The Hall–Kier alpha value is -2.08. The third-order valence-corrected chi connectivity index (χ3v) is 7.54. The van der Waals surface area contributed by atoms with Crippen molar-refractivity contribution in [2.45, 2.75) is 44.1 Å². The van der Waals surface area contributed by atoms with Crippen molar-refractivity contribution in [3.8, 4) is 0 Å². The van der Waals surface area contributed by atoms with Crippen LogP contribution in [0.15, 0.2) is 30.3 Å². The van der Waals surface area contributed by atoms with Gasteiger partial charge in [-0.1, -0.05) is 18.2 Å². The Balaban J connectivity index is 1.14. The quantitative estimate of drug-likeness (QED) is 0.788. The lowest BCUT2D eigenvalue weighted by Crippen LogP contribution is -2.58. The van der Waals surface area contributed by atoms with E-state index in [0.717, 1.165) is 45.2 Å². The predicted octanol–water partition coefficient (Wildman–Crippen LogP) is 2.21. The number of amides is 1. The summed E-state index contributed by atoms with van der Waals surface area (Å²) in [6.45, 7) is 2.66. The van der Waals surface area contributed by atoms with Crippen LogP contribution < -0.4 is 4.90 Å². The molecular formula is C23H30N2O4. The number of carbonyl (C=O) groups is 2. The van der Waals surface area contributed by atoms with Crippen molar-refractivity contribution in [2.75, 3.05) is 37.7 Å². The van der Waals surface area contributed by atoms with Crippen LogP contribution in [-0.4, -0.2) is 60.3 Å². The molecule has 4 aliphatic carbocycles. The van der Waals surface area contributed by atoms with Gasteiger partial charge >= 0.3 is 5.97 Å². The zero-order chi connectivity index (χ0) is 20.1. The van der Waals surface area contributed by atoms with Crippen LogP contribution in [0.3, 0.4) is 0 Å². The summed E-state index contributed by atoms with van der Waals surface area (Å²) >= 11 is 0. The van der Waals surface area contributed by atoms with Gasteiger partial charge in [-0.3, -0.25) is 9.59 Å². The van der Waals surface area contributed by atoms with Crippen LogP contribution >= 0.6 is 0 Å². The number of benzene rings is 1. The van der Waals surface area contributed by atoms with Crippen molar-refractivity contribution in [2.24, 2.45) is 17.3 Å². The minimum Gasteiger partial charge on any atom is -0.455 e. The molecule has 29 heavy (non-hydrogen) atoms. The minimum absolute atomic E-state index is 0.116. The van der Waals surface area contributed by atoms with E-state index in [4.69, 9.17) is 4.74 Å². The van der Waals surface area contributed by atoms with E-state index >= 15 is 0 Å². The number of hydrogen-bond donors (Lipinski definition) is 1. The smallest absolute Gasteiger partial charge is 0.312 e. The summed E-state index contributed by atoms with van der Waals surface area (Å²) in [6, 6.07) is 10.2. The van der Waals surface area contributed by atoms with E-state index in [-0.39, 0.29) is 18.5 Å². The number of ether oxygens (including phenoxy) is 1. The van der Waals surface area contributed by atoms with E-state index in [9.17, 15) is 14.7 Å². The van der Waals surface area contributed by atoms with Crippen LogP contribution in [0.2, 0.25) is 0 Å². The predicted molar refractivity (Wildman–Crippen MR) is 108 cm³/mol. The van der Waals surface area contributed by atoms with E-state index in [1.807, 2.05) is 18.2 Å². The lowest BCUT2D eigenvalue weighted by atomic mass is 9.48. The molecule has 1 aromatic carbocycles. The molecule has 4 atom stereocenters. The first-order valence-corrected chi connectivity index (χ1v) is 10.9. The van der Waals surface area contributed by atoms with E-state index in [2.05, 4.69) is 17.0 Å². The molecule has 1 heterocycles. The van der Waals surface area contributed by atoms with Gasteiger partial charge in [0.05, 0.1) is 11.0 Å². The number of nitrogens with zero attached hydrogens (tertiary/aromatic N) is 2. The van der Waals surface area contributed by atoms with Gasteiger partial charge in [0.1, 0.15) is 0 Å². The summed E-state index contributed by atoms with van der Waals surface area (Å²) in [7, 11) is 0. The molecule has 5 aliphatic rings. The lowest BCUT2D eigenvalue weighted by Gasteiger charge is -2.58. The zero-order valence-electron chi connectivity index (χ0n) is 16.9. The van der Waals surface area contributed by atoms with Gasteiger partial charge in [-0.15, -0.1) is 0 Å². The van der Waals surface area contributed by atoms with Crippen LogP contribution in [-0.2, 0) is 14.3 Å². The summed E-state index contributed by atoms with van der Waals surface area (Å²) in [5.74, 6) is 0.474. The van der Waals surface area contributed by atoms with E-state index in [1.165, 1.54) is 5.69 Å². The third-order valence-electron chi connectivity index (χ3n) is 7.54. The molecule has 0 radical (unpaired) electrons. The number of esters is 1. The van der Waals surface area contributed by atoms with Crippen molar-refractivity contribution in [1.29, 1.82) is 0 Å². The molecule has 1 aromatic rings. The number of anilines is 1. The summed E-state index contributed by atoms with van der Waals surface area (Å²) in [5, 5.41) is 10.8. The number of carbonyl (C=O) groups excluding carboxylic acids is 2. The van der Waals surface area contributed by atoms with Gasteiger partial charge in [0, 0.05) is 31.9 Å². The number of aliphatic hydroxyl groups is 1. The van der Waals surface area contributed by atoms with Crippen LogP contribution in [0.1, 0.15) is 38.5 Å². The maximum absolute atomic E-state index is 13.0. The third kappa shape index (κ3) is 3.52. The SMILES string of the molecule is O=C(COC(=O)C12C[C@@H]3C[C@@H](CC(O)(C3)C1)C2)N1CCN(c2ccccc2)CC1. The minimum atomic E-state index is -0.694. The van der Waals surface area contributed by atoms with Crippen molar-refractivity contribution in [3.05, 3.63) is 30.3 Å². The first kappa shape index (κ1) is 18.9. The van der Waals surface area contributed by atoms with E-state index in [1.54, 1.807) is 4.90 Å². The van der Waals surface area contributed by atoms with Crippen LogP contribution in [0.5, 0.6) is 0 Å². The van der Waals surface area contributed by atoms with Crippen LogP contribution in [0, 0.1) is 17.3 Å². The van der Waals surface area contributed by atoms with Gasteiger partial charge < -0.3 is 19.6 Å². The molecule has 6 heteroatoms. The van der Waals surface area contributed by atoms with Gasteiger partial charge in [0.15, 0.2) is 6.61 Å². The summed E-state index contributed by atoms with van der Waals surface area (Å²) in [5.41, 5.74) is -0.0859. The fraction of sp³-hybridized carbons (Fsp3) is 0.652. The molecule has 156 valence electrons. The second kappa shape index (κ2) is 7.01. The Morgan fingerprint density at radius 2 is 1.66 bits per heavy atom. The van der Waals surface area contributed by atoms with E-state index in [0.29, 0.717) is 31.3 Å². The zero-order valence-corrected chi connectivity index (χ0v) is 16.9. The normalized spacial score (nSPS) is 35.6. The Morgan fingerprint density at radius 1 is 1.00 bits per heavy atom. The van der Waals surface area contributed by atoms with Crippen molar-refractivity contribution in [3.63, 3.8) is 0 Å². The van der Waals surface area contributed by atoms with Gasteiger partial charge in [0.2, 0.25) is 0 Å². The highest BCUT2D eigenvalue weighted by Crippen LogP contribution is 2.61. The Morgan fingerprint density at radius 3 is 2.28 bits per heavy atom. The molecule has 6 rings (SSSR count). The largest absolute Gasteiger partial charge is 0.455 e. The maximum atomic E-state index is 13.0. The number of rotatable bonds is 4. The fourth-order valence-electron chi connectivity index (χ4n) is 6.68. The topological polar surface area (TPSA) is 70.1 Å². The first-order chi connectivity index (χ1) is 13.9. The molecule has 1 amide bonds. The number of para-hydroxylation sites is 1. The molecule has 0 aromatic heterocycles. The number of hydrogen-bond acceptors (Lipinski definition) is 5. The molecule has 1 aliphatic heterocycles. The summed E-state index contributed by atoms with van der Waals surface area (Å²) < 4.78 is 5.54. The van der Waals surface area contributed by atoms with Crippen molar-refractivity contribution < 1.29 is 19.4 Å².